The lowest BCUT2D eigenvalue weighted by Crippen LogP contribution is -2.21. The average molecular weight is 158 g/mol. The van der Waals surface area contributed by atoms with Gasteiger partial charge in [0.25, 0.3) is 0 Å². The molecule has 0 aromatic heterocycles. The summed E-state index contributed by atoms with van der Waals surface area (Å²) in [6.07, 6.45) is 0. The molecule has 0 radical (unpaired) electrons. The molecule has 2 nitrogen and oxygen atoms in total. The van der Waals surface area contributed by atoms with Crippen LogP contribution in [0.15, 0.2) is 18.2 Å². The molecular formula is C7H8F2N2. The van der Waals surface area contributed by atoms with Gasteiger partial charge in [0.05, 0.1) is 0 Å². The van der Waals surface area contributed by atoms with E-state index in [1.54, 1.807) is 0 Å². The average Bonchev–Trinajstić information content (AvgIpc) is 1.95. The van der Waals surface area contributed by atoms with E-state index in [0.717, 1.165) is 6.07 Å². The van der Waals surface area contributed by atoms with E-state index in [1.165, 1.54) is 12.1 Å². The van der Waals surface area contributed by atoms with Crippen LogP contribution in [0.25, 0.3) is 0 Å². The number of hydrogen-bond acceptors (Lipinski definition) is 2. The molecule has 0 aliphatic rings. The molecule has 11 heavy (non-hydrogen) atoms. The zero-order valence-corrected chi connectivity index (χ0v) is 5.77. The molecule has 1 aromatic rings. The fraction of sp³-hybridized carbons (Fsp3) is 0.143. The summed E-state index contributed by atoms with van der Waals surface area (Å²) in [5.74, 6) is 3.80. The standard InChI is InChI=1S/C7H8F2N2/c8-6-2-1-5(4-11-10)7(9)3-6/h1-3,11H,4,10H2. The van der Waals surface area contributed by atoms with Crippen molar-refractivity contribution >= 4 is 0 Å². The number of halogens is 2. The smallest absolute Gasteiger partial charge is 0.130 e. The molecule has 0 saturated heterocycles. The molecular weight excluding hydrogens is 150 g/mol. The van der Waals surface area contributed by atoms with Crippen molar-refractivity contribution in [3.8, 4) is 0 Å². The molecule has 0 amide bonds. The van der Waals surface area contributed by atoms with E-state index in [-0.39, 0.29) is 6.54 Å². The summed E-state index contributed by atoms with van der Waals surface area (Å²) in [5, 5.41) is 0. The Morgan fingerprint density at radius 1 is 1.36 bits per heavy atom. The molecule has 0 atom stereocenters. The topological polar surface area (TPSA) is 38.0 Å². The second-order valence-electron chi connectivity index (χ2n) is 2.12. The third-order valence-electron chi connectivity index (χ3n) is 1.31. The van der Waals surface area contributed by atoms with Crippen molar-refractivity contribution in [2.24, 2.45) is 5.84 Å². The molecule has 0 aliphatic carbocycles. The van der Waals surface area contributed by atoms with Crippen LogP contribution < -0.4 is 11.3 Å². The van der Waals surface area contributed by atoms with Gasteiger partial charge in [-0.2, -0.15) is 0 Å². The number of hydrazine groups is 1. The van der Waals surface area contributed by atoms with Crippen molar-refractivity contribution in [1.82, 2.24) is 5.43 Å². The Kier molecular flexibility index (Phi) is 2.51. The number of nitrogens with two attached hydrogens (primary N) is 1. The van der Waals surface area contributed by atoms with Gasteiger partial charge in [0.1, 0.15) is 11.6 Å². The predicted molar refractivity (Wildman–Crippen MR) is 37.4 cm³/mol. The fourth-order valence-electron chi connectivity index (χ4n) is 0.775. The molecule has 0 spiro atoms. The van der Waals surface area contributed by atoms with Crippen LogP contribution in [0, 0.1) is 11.6 Å². The van der Waals surface area contributed by atoms with E-state index in [9.17, 15) is 8.78 Å². The minimum atomic E-state index is -0.581. The monoisotopic (exact) mass is 158 g/mol. The first-order valence-electron chi connectivity index (χ1n) is 3.11. The van der Waals surface area contributed by atoms with Crippen LogP contribution in [0.5, 0.6) is 0 Å². The van der Waals surface area contributed by atoms with Gasteiger partial charge in [-0.1, -0.05) is 6.07 Å². The SMILES string of the molecule is NNCc1ccc(F)cc1F. The number of rotatable bonds is 2. The van der Waals surface area contributed by atoms with E-state index in [4.69, 9.17) is 5.84 Å². The minimum Gasteiger partial charge on any atom is -0.271 e. The lowest BCUT2D eigenvalue weighted by molar-refractivity contribution is 0.563. The number of nitrogens with one attached hydrogen (secondary N) is 1. The maximum absolute atomic E-state index is 12.7. The molecule has 4 heteroatoms. The van der Waals surface area contributed by atoms with E-state index >= 15 is 0 Å². The van der Waals surface area contributed by atoms with Crippen molar-refractivity contribution in [3.05, 3.63) is 35.4 Å². The largest absolute Gasteiger partial charge is 0.271 e. The highest BCUT2D eigenvalue weighted by Gasteiger charge is 2.01. The molecule has 0 saturated carbocycles. The van der Waals surface area contributed by atoms with E-state index < -0.39 is 11.6 Å². The van der Waals surface area contributed by atoms with Crippen LogP contribution in [0.2, 0.25) is 0 Å². The van der Waals surface area contributed by atoms with Crippen LogP contribution in [0.3, 0.4) is 0 Å². The van der Waals surface area contributed by atoms with Crippen LogP contribution in [0.4, 0.5) is 8.78 Å². The zero-order valence-electron chi connectivity index (χ0n) is 5.77. The molecule has 1 rings (SSSR count). The van der Waals surface area contributed by atoms with Gasteiger partial charge < -0.3 is 0 Å². The molecule has 3 N–H and O–H groups in total. The second kappa shape index (κ2) is 3.41. The summed E-state index contributed by atoms with van der Waals surface area (Å²) >= 11 is 0. The summed E-state index contributed by atoms with van der Waals surface area (Å²) in [4.78, 5) is 0. The van der Waals surface area contributed by atoms with Gasteiger partial charge in [-0.25, -0.2) is 8.78 Å². The van der Waals surface area contributed by atoms with Crippen LogP contribution in [-0.4, -0.2) is 0 Å². The quantitative estimate of drug-likeness (QED) is 0.496. The third kappa shape index (κ3) is 1.96. The first-order chi connectivity index (χ1) is 5.24. The van der Waals surface area contributed by atoms with Gasteiger partial charge in [-0.05, 0) is 6.07 Å². The fourth-order valence-corrected chi connectivity index (χ4v) is 0.775. The van der Waals surface area contributed by atoms with Crippen LogP contribution in [0.1, 0.15) is 5.56 Å². The number of benzene rings is 1. The summed E-state index contributed by atoms with van der Waals surface area (Å²) in [7, 11) is 0. The Balaban J connectivity index is 2.90. The summed E-state index contributed by atoms with van der Waals surface area (Å²) in [6, 6.07) is 3.37. The van der Waals surface area contributed by atoms with Gasteiger partial charge >= 0.3 is 0 Å². The lowest BCUT2D eigenvalue weighted by atomic mass is 10.2. The van der Waals surface area contributed by atoms with Gasteiger partial charge in [0.2, 0.25) is 0 Å². The predicted octanol–water partition coefficient (Wildman–Crippen LogP) is 0.928. The van der Waals surface area contributed by atoms with E-state index in [0.29, 0.717) is 5.56 Å². The van der Waals surface area contributed by atoms with Crippen LogP contribution >= 0.6 is 0 Å². The van der Waals surface area contributed by atoms with Gasteiger partial charge in [-0.3, -0.25) is 11.3 Å². The first kappa shape index (κ1) is 8.10. The first-order valence-corrected chi connectivity index (χ1v) is 3.11. The van der Waals surface area contributed by atoms with Crippen LogP contribution in [-0.2, 0) is 6.54 Å². The third-order valence-corrected chi connectivity index (χ3v) is 1.31. The van der Waals surface area contributed by atoms with Gasteiger partial charge in [0, 0.05) is 18.2 Å². The Morgan fingerprint density at radius 2 is 2.09 bits per heavy atom. The zero-order chi connectivity index (χ0) is 8.27. The Hall–Kier alpha value is -1.00. The van der Waals surface area contributed by atoms with Gasteiger partial charge in [-0.15, -0.1) is 0 Å². The Morgan fingerprint density at radius 3 is 2.64 bits per heavy atom. The van der Waals surface area contributed by atoms with Crippen molar-refractivity contribution in [2.45, 2.75) is 6.54 Å². The maximum atomic E-state index is 12.7. The minimum absolute atomic E-state index is 0.201. The van der Waals surface area contributed by atoms with Gasteiger partial charge in [0.15, 0.2) is 0 Å². The van der Waals surface area contributed by atoms with E-state index in [1.807, 2.05) is 0 Å². The Labute approximate surface area is 63.0 Å². The highest BCUT2D eigenvalue weighted by Crippen LogP contribution is 2.08. The normalized spacial score (nSPS) is 10.1. The maximum Gasteiger partial charge on any atom is 0.130 e. The Bertz CT molecular complexity index is 250. The molecule has 0 heterocycles. The molecule has 0 aliphatic heterocycles. The van der Waals surface area contributed by atoms with Crippen molar-refractivity contribution in [2.75, 3.05) is 0 Å². The van der Waals surface area contributed by atoms with Crippen molar-refractivity contribution < 1.29 is 8.78 Å². The highest BCUT2D eigenvalue weighted by atomic mass is 19.1. The summed E-state index contributed by atoms with van der Waals surface area (Å²) in [6.45, 7) is 0.201. The highest BCUT2D eigenvalue weighted by molar-refractivity contribution is 5.18. The summed E-state index contributed by atoms with van der Waals surface area (Å²) < 4.78 is 25.0. The number of hydrogen-bond donors (Lipinski definition) is 2. The molecule has 0 unspecified atom stereocenters. The molecule has 0 fully saturated rings. The van der Waals surface area contributed by atoms with Crippen molar-refractivity contribution in [1.29, 1.82) is 0 Å². The van der Waals surface area contributed by atoms with E-state index in [2.05, 4.69) is 5.43 Å². The molecule has 60 valence electrons. The molecule has 1 aromatic carbocycles. The van der Waals surface area contributed by atoms with Crippen molar-refractivity contribution in [3.63, 3.8) is 0 Å². The molecule has 0 bridgehead atoms. The second-order valence-corrected chi connectivity index (χ2v) is 2.12. The lowest BCUT2D eigenvalue weighted by Gasteiger charge is -2.00. The summed E-state index contributed by atoms with van der Waals surface area (Å²) in [5.41, 5.74) is 2.64.